The summed E-state index contributed by atoms with van der Waals surface area (Å²) in [5, 5.41) is 0. The summed E-state index contributed by atoms with van der Waals surface area (Å²) in [6.07, 6.45) is 0.839. The number of aromatic nitrogens is 3. The Morgan fingerprint density at radius 2 is 1.83 bits per heavy atom. The van der Waals surface area contributed by atoms with Crippen LogP contribution in [0.1, 0.15) is 24.4 Å². The molecular weight excluding hydrogens is 227 g/mol. The van der Waals surface area contributed by atoms with E-state index < -0.39 is 0 Å². The number of hydrogen-bond donors (Lipinski definition) is 0. The van der Waals surface area contributed by atoms with E-state index in [4.69, 9.17) is 0 Å². The molecule has 0 N–H and O–H groups in total. The molecular formula is C8H13N3Y-2. The van der Waals surface area contributed by atoms with Gasteiger partial charge in [0.05, 0.1) is 0 Å². The first kappa shape index (κ1) is 14.5. The third-order valence-corrected chi connectivity index (χ3v) is 1.16. The molecule has 0 aliphatic heterocycles. The third kappa shape index (κ3) is 4.12. The van der Waals surface area contributed by atoms with Gasteiger partial charge >= 0.3 is 0 Å². The largest absolute Gasteiger partial charge is 0.358 e. The Bertz CT molecular complexity index is 217. The summed E-state index contributed by atoms with van der Waals surface area (Å²) in [5.74, 6) is 2.12. The van der Waals surface area contributed by atoms with E-state index in [2.05, 4.69) is 21.9 Å². The maximum absolute atomic E-state index is 4.09. The smallest absolute Gasteiger partial charge is 0.129 e. The van der Waals surface area contributed by atoms with Gasteiger partial charge in [0.1, 0.15) is 11.6 Å². The van der Waals surface area contributed by atoms with Crippen molar-refractivity contribution in [3.8, 4) is 0 Å². The quantitative estimate of drug-likeness (QED) is 0.696. The maximum atomic E-state index is 4.09. The fourth-order valence-electron chi connectivity index (χ4n) is 0.756. The van der Waals surface area contributed by atoms with Gasteiger partial charge in [-0.2, -0.15) is 0 Å². The minimum atomic E-state index is 0. The van der Waals surface area contributed by atoms with Crippen LogP contribution in [0.4, 0.5) is 0 Å². The van der Waals surface area contributed by atoms with Crippen molar-refractivity contribution >= 4 is 0 Å². The van der Waals surface area contributed by atoms with Gasteiger partial charge in [0.15, 0.2) is 0 Å². The molecule has 65 valence electrons. The van der Waals surface area contributed by atoms with Crippen molar-refractivity contribution in [1.82, 2.24) is 15.0 Å². The van der Waals surface area contributed by atoms with Crippen LogP contribution in [0.5, 0.6) is 0 Å². The van der Waals surface area contributed by atoms with Crippen LogP contribution in [0.2, 0.25) is 0 Å². The van der Waals surface area contributed by atoms with E-state index in [1.165, 1.54) is 0 Å². The van der Waals surface area contributed by atoms with Gasteiger partial charge in [0.2, 0.25) is 0 Å². The first-order valence-electron chi connectivity index (χ1n) is 3.26. The van der Waals surface area contributed by atoms with E-state index in [9.17, 15) is 0 Å². The van der Waals surface area contributed by atoms with Gasteiger partial charge in [0, 0.05) is 39.1 Å². The third-order valence-electron chi connectivity index (χ3n) is 1.16. The number of rotatable bonds is 1. The predicted octanol–water partition coefficient (Wildman–Crippen LogP) is 1.37. The van der Waals surface area contributed by atoms with E-state index in [-0.39, 0.29) is 40.1 Å². The molecule has 0 aliphatic carbocycles. The van der Waals surface area contributed by atoms with Crippen molar-refractivity contribution in [3.05, 3.63) is 31.8 Å². The molecule has 0 unspecified atom stereocenters. The van der Waals surface area contributed by atoms with Crippen LogP contribution in [0.3, 0.4) is 0 Å². The van der Waals surface area contributed by atoms with Crippen LogP contribution in [0.15, 0.2) is 0 Å². The van der Waals surface area contributed by atoms with E-state index in [0.29, 0.717) is 5.82 Å². The SMILES string of the molecule is [CH2-]c1nc(C)nc(CC)n1.[CH3-].[Y]. The molecule has 1 aromatic heterocycles. The molecule has 0 amide bonds. The van der Waals surface area contributed by atoms with Gasteiger partial charge < -0.3 is 14.4 Å². The number of nitrogens with zero attached hydrogens (tertiary/aromatic N) is 3. The number of aryl methyl sites for hydroxylation is 2. The molecule has 1 heterocycles. The molecule has 1 rings (SSSR count). The fraction of sp³-hybridized carbons (Fsp3) is 0.375. The second-order valence-electron chi connectivity index (χ2n) is 2.07. The molecule has 0 atom stereocenters. The van der Waals surface area contributed by atoms with E-state index >= 15 is 0 Å². The fourth-order valence-corrected chi connectivity index (χ4v) is 0.756. The Balaban J connectivity index is 0. The number of hydrogen-bond acceptors (Lipinski definition) is 3. The van der Waals surface area contributed by atoms with Gasteiger partial charge in [0.25, 0.3) is 0 Å². The van der Waals surface area contributed by atoms with Crippen LogP contribution in [0.25, 0.3) is 0 Å². The normalized spacial score (nSPS) is 8.17. The molecule has 0 saturated carbocycles. The maximum Gasteiger partial charge on any atom is 0.129 e. The molecule has 1 aromatic rings. The molecule has 0 bridgehead atoms. The van der Waals surface area contributed by atoms with E-state index in [0.717, 1.165) is 18.1 Å². The van der Waals surface area contributed by atoms with Crippen molar-refractivity contribution in [1.29, 1.82) is 0 Å². The second kappa shape index (κ2) is 6.49. The van der Waals surface area contributed by atoms with Crippen molar-refractivity contribution in [2.24, 2.45) is 0 Å². The molecule has 12 heavy (non-hydrogen) atoms. The average Bonchev–Trinajstić information content (AvgIpc) is 1.85. The molecule has 0 aromatic carbocycles. The Hall–Kier alpha value is -0.0161. The summed E-state index contributed by atoms with van der Waals surface area (Å²) < 4.78 is 0. The topological polar surface area (TPSA) is 38.7 Å². The first-order valence-corrected chi connectivity index (χ1v) is 3.26. The zero-order valence-corrected chi connectivity index (χ0v) is 10.7. The molecule has 0 aliphatic rings. The molecule has 4 heteroatoms. The summed E-state index contributed by atoms with van der Waals surface area (Å²) in [6, 6.07) is 0. The minimum Gasteiger partial charge on any atom is -0.358 e. The van der Waals surface area contributed by atoms with Crippen molar-refractivity contribution in [2.75, 3.05) is 0 Å². The van der Waals surface area contributed by atoms with Crippen LogP contribution in [0, 0.1) is 21.3 Å². The minimum absolute atomic E-state index is 0. The first-order chi connectivity index (χ1) is 4.72. The molecule has 3 nitrogen and oxygen atoms in total. The van der Waals surface area contributed by atoms with Crippen molar-refractivity contribution < 1.29 is 32.7 Å². The summed E-state index contributed by atoms with van der Waals surface area (Å²) in [6.45, 7) is 7.48. The Morgan fingerprint density at radius 1 is 1.25 bits per heavy atom. The molecule has 0 fully saturated rings. The van der Waals surface area contributed by atoms with Gasteiger partial charge in [-0.15, -0.1) is 0 Å². The Kier molecular flexibility index (Phi) is 7.85. The standard InChI is InChI=1S/C7H10N3.CH3.Y/c1-4-7-9-5(2)8-6(3)10-7;;/h2,4H2,1,3H3;1H3;/q2*-1;. The zero-order valence-electron chi connectivity index (χ0n) is 7.83. The molecule has 0 spiro atoms. The van der Waals surface area contributed by atoms with Gasteiger partial charge in [-0.05, 0) is 12.7 Å². The van der Waals surface area contributed by atoms with Crippen molar-refractivity contribution in [2.45, 2.75) is 20.3 Å². The van der Waals surface area contributed by atoms with Crippen molar-refractivity contribution in [3.63, 3.8) is 0 Å². The van der Waals surface area contributed by atoms with Crippen LogP contribution >= 0.6 is 0 Å². The van der Waals surface area contributed by atoms with Crippen LogP contribution < -0.4 is 0 Å². The van der Waals surface area contributed by atoms with Gasteiger partial charge in [-0.25, -0.2) is 4.98 Å². The summed E-state index contributed by atoms with van der Waals surface area (Å²) in [5.41, 5.74) is 0. The van der Waals surface area contributed by atoms with E-state index in [1.54, 1.807) is 0 Å². The summed E-state index contributed by atoms with van der Waals surface area (Å²) in [4.78, 5) is 12.1. The molecule has 0 saturated heterocycles. The second-order valence-corrected chi connectivity index (χ2v) is 2.07. The average molecular weight is 240 g/mol. The molecule has 1 radical (unpaired) electrons. The van der Waals surface area contributed by atoms with E-state index in [1.807, 2.05) is 13.8 Å². The Morgan fingerprint density at radius 3 is 2.25 bits per heavy atom. The monoisotopic (exact) mass is 240 g/mol. The summed E-state index contributed by atoms with van der Waals surface area (Å²) in [7, 11) is 0. The van der Waals surface area contributed by atoms with Gasteiger partial charge in [-0.1, -0.05) is 6.92 Å². The van der Waals surface area contributed by atoms with Crippen LogP contribution in [-0.4, -0.2) is 15.0 Å². The van der Waals surface area contributed by atoms with Crippen LogP contribution in [-0.2, 0) is 39.1 Å². The van der Waals surface area contributed by atoms with Gasteiger partial charge in [-0.3, -0.25) is 9.97 Å². The predicted molar refractivity (Wildman–Crippen MR) is 44.8 cm³/mol. The summed E-state index contributed by atoms with van der Waals surface area (Å²) >= 11 is 0. The zero-order chi connectivity index (χ0) is 7.56. The Labute approximate surface area is 99.3 Å².